The van der Waals surface area contributed by atoms with Crippen molar-refractivity contribution >= 4 is 17.0 Å². The van der Waals surface area contributed by atoms with Crippen molar-refractivity contribution in [3.05, 3.63) is 102 Å². The molecule has 1 aliphatic rings. The molecule has 3 nitrogen and oxygen atoms in total. The molecule has 0 aliphatic heterocycles. The molecular formula is C29H22N2O. The molecule has 0 saturated carbocycles. The van der Waals surface area contributed by atoms with Gasteiger partial charge in [-0.15, -0.1) is 0 Å². The van der Waals surface area contributed by atoms with Gasteiger partial charge in [0, 0.05) is 34.1 Å². The van der Waals surface area contributed by atoms with Crippen LogP contribution in [-0.4, -0.2) is 9.97 Å². The van der Waals surface area contributed by atoms with Gasteiger partial charge in [0.15, 0.2) is 5.82 Å². The van der Waals surface area contributed by atoms with Gasteiger partial charge < -0.3 is 4.42 Å². The van der Waals surface area contributed by atoms with Crippen LogP contribution in [0, 0.1) is 6.92 Å². The first kappa shape index (κ1) is 18.8. The van der Waals surface area contributed by atoms with E-state index in [-0.39, 0.29) is 0 Å². The molecule has 0 fully saturated rings. The highest BCUT2D eigenvalue weighted by Crippen LogP contribution is 2.39. The van der Waals surface area contributed by atoms with Crippen LogP contribution in [0.4, 0.5) is 0 Å². The van der Waals surface area contributed by atoms with Gasteiger partial charge in [0.1, 0.15) is 11.3 Å². The van der Waals surface area contributed by atoms with Crippen molar-refractivity contribution in [1.29, 1.82) is 0 Å². The molecule has 6 rings (SSSR count). The zero-order chi connectivity index (χ0) is 21.5. The summed E-state index contributed by atoms with van der Waals surface area (Å²) < 4.78 is 6.27. The third-order valence-corrected chi connectivity index (χ3v) is 5.98. The average Bonchev–Trinajstić information content (AvgIpc) is 3.22. The van der Waals surface area contributed by atoms with Crippen LogP contribution in [0.3, 0.4) is 0 Å². The molecule has 0 amide bonds. The van der Waals surface area contributed by atoms with Crippen molar-refractivity contribution < 1.29 is 4.42 Å². The number of aromatic nitrogens is 2. The highest BCUT2D eigenvalue weighted by atomic mass is 16.3. The maximum atomic E-state index is 6.27. The molecule has 154 valence electrons. The Morgan fingerprint density at radius 2 is 1.50 bits per heavy atom. The van der Waals surface area contributed by atoms with Gasteiger partial charge in [0.2, 0.25) is 0 Å². The summed E-state index contributed by atoms with van der Waals surface area (Å²) in [6, 6.07) is 26.9. The van der Waals surface area contributed by atoms with E-state index in [2.05, 4.69) is 61.5 Å². The Kier molecular flexibility index (Phi) is 4.46. The Hall–Kier alpha value is -3.98. The van der Waals surface area contributed by atoms with Gasteiger partial charge in [-0.3, -0.25) is 0 Å². The number of fused-ring (bicyclic) bond motifs is 3. The lowest BCUT2D eigenvalue weighted by atomic mass is 9.95. The quantitative estimate of drug-likeness (QED) is 0.307. The summed E-state index contributed by atoms with van der Waals surface area (Å²) in [6.07, 6.45) is 6.38. The zero-order valence-corrected chi connectivity index (χ0v) is 17.9. The van der Waals surface area contributed by atoms with Crippen LogP contribution in [0.1, 0.15) is 23.3 Å². The highest BCUT2D eigenvalue weighted by Gasteiger charge is 2.20. The highest BCUT2D eigenvalue weighted by molar-refractivity contribution is 6.01. The van der Waals surface area contributed by atoms with Crippen molar-refractivity contribution in [2.45, 2.75) is 19.8 Å². The van der Waals surface area contributed by atoms with Crippen LogP contribution in [0.25, 0.3) is 50.9 Å². The summed E-state index contributed by atoms with van der Waals surface area (Å²) in [4.78, 5) is 9.97. The predicted octanol–water partition coefficient (Wildman–Crippen LogP) is 7.49. The van der Waals surface area contributed by atoms with Crippen molar-refractivity contribution in [2.75, 3.05) is 0 Å². The maximum Gasteiger partial charge on any atom is 0.160 e. The first-order valence-corrected chi connectivity index (χ1v) is 11.0. The van der Waals surface area contributed by atoms with E-state index in [4.69, 9.17) is 14.4 Å². The molecule has 0 saturated heterocycles. The smallest absolute Gasteiger partial charge is 0.160 e. The number of hydrogen-bond acceptors (Lipinski definition) is 3. The lowest BCUT2D eigenvalue weighted by Gasteiger charge is -2.11. The molecule has 2 heterocycles. The second-order valence-electron chi connectivity index (χ2n) is 8.26. The summed E-state index contributed by atoms with van der Waals surface area (Å²) in [7, 11) is 0. The standard InChI is InChI=1S/C29H22N2O/c1-19-16-23(28-22-14-8-9-15-26(22)32-27(28)17-19)25-18-24(20-10-4-2-5-11-20)30-29(31-25)21-12-6-3-7-13-21/h2-8,10-14,16-18H,9,15H2,1H3. The topological polar surface area (TPSA) is 38.9 Å². The number of benzene rings is 3. The number of furan rings is 1. The number of rotatable bonds is 3. The average molecular weight is 415 g/mol. The van der Waals surface area contributed by atoms with Crippen LogP contribution in [-0.2, 0) is 6.42 Å². The SMILES string of the molecule is Cc1cc(-c2cc(-c3ccccc3)nc(-c3ccccc3)n2)c2c3c(oc2c1)CCC=C3. The Bertz CT molecular complexity index is 1410. The molecule has 32 heavy (non-hydrogen) atoms. The molecule has 0 radical (unpaired) electrons. The van der Waals surface area contributed by atoms with Crippen LogP contribution >= 0.6 is 0 Å². The van der Waals surface area contributed by atoms with Gasteiger partial charge in [-0.2, -0.15) is 0 Å². The third kappa shape index (κ3) is 3.23. The molecule has 0 atom stereocenters. The number of aryl methyl sites for hydroxylation is 2. The fraction of sp³-hybridized carbons (Fsp3) is 0.103. The van der Waals surface area contributed by atoms with Crippen LogP contribution < -0.4 is 0 Å². The van der Waals surface area contributed by atoms with Gasteiger partial charge in [0.05, 0.1) is 11.4 Å². The number of allylic oxidation sites excluding steroid dienone is 1. The Labute approximate surface area is 187 Å². The molecule has 0 unspecified atom stereocenters. The second-order valence-corrected chi connectivity index (χ2v) is 8.26. The normalized spacial score (nSPS) is 12.8. The lowest BCUT2D eigenvalue weighted by Crippen LogP contribution is -1.97. The maximum absolute atomic E-state index is 6.27. The Morgan fingerprint density at radius 1 is 0.781 bits per heavy atom. The van der Waals surface area contributed by atoms with Gasteiger partial charge in [-0.05, 0) is 37.1 Å². The minimum absolute atomic E-state index is 0.726. The third-order valence-electron chi connectivity index (χ3n) is 5.98. The van der Waals surface area contributed by atoms with Crippen molar-refractivity contribution in [1.82, 2.24) is 9.97 Å². The largest absolute Gasteiger partial charge is 0.460 e. The molecule has 1 aliphatic carbocycles. The van der Waals surface area contributed by atoms with E-state index in [0.29, 0.717) is 0 Å². The molecule has 2 aromatic heterocycles. The number of nitrogens with zero attached hydrogens (tertiary/aromatic N) is 2. The van der Waals surface area contributed by atoms with E-state index in [9.17, 15) is 0 Å². The molecule has 3 heteroatoms. The molecule has 3 aromatic carbocycles. The summed E-state index contributed by atoms with van der Waals surface area (Å²) in [5.41, 5.74) is 8.26. The van der Waals surface area contributed by atoms with Crippen molar-refractivity contribution in [3.63, 3.8) is 0 Å². The first-order chi connectivity index (χ1) is 15.8. The Morgan fingerprint density at radius 3 is 2.28 bits per heavy atom. The van der Waals surface area contributed by atoms with Crippen molar-refractivity contribution in [3.8, 4) is 33.9 Å². The lowest BCUT2D eigenvalue weighted by molar-refractivity contribution is 0.546. The van der Waals surface area contributed by atoms with E-state index in [1.165, 1.54) is 5.56 Å². The van der Waals surface area contributed by atoms with E-state index >= 15 is 0 Å². The number of hydrogen-bond donors (Lipinski definition) is 0. The summed E-state index contributed by atoms with van der Waals surface area (Å²) in [5, 5.41) is 1.14. The van der Waals surface area contributed by atoms with E-state index < -0.39 is 0 Å². The van der Waals surface area contributed by atoms with Gasteiger partial charge in [-0.25, -0.2) is 9.97 Å². The van der Waals surface area contributed by atoms with Crippen LogP contribution in [0.2, 0.25) is 0 Å². The summed E-state index contributed by atoms with van der Waals surface area (Å²) in [6.45, 7) is 2.11. The molecular weight excluding hydrogens is 392 g/mol. The minimum atomic E-state index is 0.726. The molecule has 5 aromatic rings. The minimum Gasteiger partial charge on any atom is -0.460 e. The van der Waals surface area contributed by atoms with E-state index in [0.717, 1.165) is 69.0 Å². The fourth-order valence-corrected chi connectivity index (χ4v) is 4.48. The van der Waals surface area contributed by atoms with Gasteiger partial charge in [0.25, 0.3) is 0 Å². The van der Waals surface area contributed by atoms with E-state index in [1.807, 2.05) is 36.4 Å². The van der Waals surface area contributed by atoms with Crippen molar-refractivity contribution in [2.24, 2.45) is 0 Å². The summed E-state index contributed by atoms with van der Waals surface area (Å²) >= 11 is 0. The van der Waals surface area contributed by atoms with Gasteiger partial charge in [-0.1, -0.05) is 72.8 Å². The first-order valence-electron chi connectivity index (χ1n) is 11.0. The predicted molar refractivity (Wildman–Crippen MR) is 130 cm³/mol. The zero-order valence-electron chi connectivity index (χ0n) is 17.9. The molecule has 0 spiro atoms. The Balaban J connectivity index is 1.65. The summed E-state index contributed by atoms with van der Waals surface area (Å²) in [5.74, 6) is 1.79. The fourth-order valence-electron chi connectivity index (χ4n) is 4.48. The van der Waals surface area contributed by atoms with Gasteiger partial charge >= 0.3 is 0 Å². The molecule has 0 N–H and O–H groups in total. The second kappa shape index (κ2) is 7.61. The monoisotopic (exact) mass is 414 g/mol. The molecule has 0 bridgehead atoms. The van der Waals surface area contributed by atoms with Crippen LogP contribution in [0.15, 0.2) is 89.4 Å². The van der Waals surface area contributed by atoms with E-state index in [1.54, 1.807) is 0 Å². The van der Waals surface area contributed by atoms with Crippen LogP contribution in [0.5, 0.6) is 0 Å².